The van der Waals surface area contributed by atoms with Crippen molar-refractivity contribution in [3.8, 4) is 0 Å². The smallest absolute Gasteiger partial charge is 0.222 e. The van der Waals surface area contributed by atoms with E-state index in [9.17, 15) is 9.59 Å². The number of amides is 1. The number of ketones is 1. The van der Waals surface area contributed by atoms with Crippen molar-refractivity contribution >= 4 is 11.7 Å². The summed E-state index contributed by atoms with van der Waals surface area (Å²) in [7, 11) is 0. The van der Waals surface area contributed by atoms with Crippen molar-refractivity contribution < 1.29 is 9.59 Å². The molecule has 0 fully saturated rings. The highest BCUT2D eigenvalue weighted by atomic mass is 16.1. The first-order chi connectivity index (χ1) is 6.99. The second-order valence-electron chi connectivity index (χ2n) is 3.91. The van der Waals surface area contributed by atoms with Crippen LogP contribution in [0.15, 0.2) is 12.2 Å². The van der Waals surface area contributed by atoms with Gasteiger partial charge in [0.25, 0.3) is 0 Å². The fraction of sp³-hybridized carbons (Fsp3) is 0.667. The highest BCUT2D eigenvalue weighted by Crippen LogP contribution is 2.01. The predicted octanol–water partition coefficient (Wildman–Crippen LogP) is 2.07. The fourth-order valence-corrected chi connectivity index (χ4v) is 1.03. The van der Waals surface area contributed by atoms with Crippen molar-refractivity contribution in [1.82, 2.24) is 5.32 Å². The number of allylic oxidation sites excluding steroid dienone is 1. The Morgan fingerprint density at radius 3 is 2.47 bits per heavy atom. The third kappa shape index (κ3) is 6.05. The predicted molar refractivity (Wildman–Crippen MR) is 61.5 cm³/mol. The number of hydrogen-bond donors (Lipinski definition) is 1. The van der Waals surface area contributed by atoms with E-state index < -0.39 is 0 Å². The third-order valence-electron chi connectivity index (χ3n) is 2.42. The average Bonchev–Trinajstić information content (AvgIpc) is 2.22. The van der Waals surface area contributed by atoms with Gasteiger partial charge in [-0.2, -0.15) is 0 Å². The van der Waals surface area contributed by atoms with E-state index >= 15 is 0 Å². The van der Waals surface area contributed by atoms with Gasteiger partial charge in [0.1, 0.15) is 0 Å². The summed E-state index contributed by atoms with van der Waals surface area (Å²) in [5.74, 6) is 0.204. The maximum absolute atomic E-state index is 11.3. The Labute approximate surface area is 91.9 Å². The van der Waals surface area contributed by atoms with Gasteiger partial charge in [-0.05, 0) is 25.3 Å². The van der Waals surface area contributed by atoms with Gasteiger partial charge in [0.05, 0.1) is 0 Å². The maximum atomic E-state index is 11.3. The Morgan fingerprint density at radius 1 is 1.40 bits per heavy atom. The molecule has 0 spiro atoms. The lowest BCUT2D eigenvalue weighted by Gasteiger charge is -2.09. The summed E-state index contributed by atoms with van der Waals surface area (Å²) in [4.78, 5) is 22.5. The van der Waals surface area contributed by atoms with E-state index in [2.05, 4.69) is 11.9 Å². The van der Waals surface area contributed by atoms with Crippen molar-refractivity contribution in [2.24, 2.45) is 5.92 Å². The van der Waals surface area contributed by atoms with Crippen LogP contribution in [0.25, 0.3) is 0 Å². The molecule has 0 rings (SSSR count). The highest BCUT2D eigenvalue weighted by Gasteiger charge is 2.09. The minimum absolute atomic E-state index is 0.0573. The molecule has 0 aliphatic carbocycles. The lowest BCUT2D eigenvalue weighted by atomic mass is 10.1. The number of Topliss-reactive ketones (excluding diaryl/α,β-unsaturated/α-hetero) is 1. The van der Waals surface area contributed by atoms with Crippen LogP contribution in [0.4, 0.5) is 0 Å². The first kappa shape index (κ1) is 13.9. The molecule has 0 aromatic heterocycles. The van der Waals surface area contributed by atoms with E-state index in [4.69, 9.17) is 0 Å². The van der Waals surface area contributed by atoms with Crippen LogP contribution < -0.4 is 5.32 Å². The van der Waals surface area contributed by atoms with Crippen molar-refractivity contribution in [3.63, 3.8) is 0 Å². The van der Waals surface area contributed by atoms with Crippen LogP contribution in [0.1, 0.15) is 40.0 Å². The van der Waals surface area contributed by atoms with E-state index in [1.54, 1.807) is 6.92 Å². The number of rotatable bonds is 7. The molecule has 1 unspecified atom stereocenters. The van der Waals surface area contributed by atoms with E-state index in [1.807, 2.05) is 13.8 Å². The Kier molecular flexibility index (Phi) is 6.67. The van der Waals surface area contributed by atoms with Gasteiger partial charge in [-0.25, -0.2) is 0 Å². The van der Waals surface area contributed by atoms with Crippen LogP contribution in [0.5, 0.6) is 0 Å². The van der Waals surface area contributed by atoms with Gasteiger partial charge in [-0.3, -0.25) is 9.59 Å². The van der Waals surface area contributed by atoms with Gasteiger partial charge in [0, 0.05) is 18.9 Å². The number of carbonyl (C=O) groups excluding carboxylic acids is 2. The van der Waals surface area contributed by atoms with E-state index in [-0.39, 0.29) is 17.6 Å². The molecule has 1 N–H and O–H groups in total. The van der Waals surface area contributed by atoms with Gasteiger partial charge >= 0.3 is 0 Å². The van der Waals surface area contributed by atoms with Crippen molar-refractivity contribution in [3.05, 3.63) is 12.2 Å². The zero-order valence-electron chi connectivity index (χ0n) is 9.93. The SMILES string of the molecule is C=C(C)C(=O)CCCNC(=O)C(C)CC. The minimum atomic E-state index is 0.0573. The van der Waals surface area contributed by atoms with Crippen LogP contribution in [-0.4, -0.2) is 18.2 Å². The molecular weight excluding hydrogens is 190 g/mol. The summed E-state index contributed by atoms with van der Waals surface area (Å²) in [6, 6.07) is 0. The molecule has 3 nitrogen and oxygen atoms in total. The maximum Gasteiger partial charge on any atom is 0.222 e. The van der Waals surface area contributed by atoms with Crippen LogP contribution >= 0.6 is 0 Å². The molecule has 0 heterocycles. The zero-order chi connectivity index (χ0) is 11.8. The van der Waals surface area contributed by atoms with Crippen LogP contribution in [-0.2, 0) is 9.59 Å². The minimum Gasteiger partial charge on any atom is -0.356 e. The second kappa shape index (κ2) is 7.21. The Balaban J connectivity index is 3.59. The van der Waals surface area contributed by atoms with E-state index in [1.165, 1.54) is 0 Å². The largest absolute Gasteiger partial charge is 0.356 e. The first-order valence-corrected chi connectivity index (χ1v) is 5.45. The van der Waals surface area contributed by atoms with Crippen molar-refractivity contribution in [1.29, 1.82) is 0 Å². The van der Waals surface area contributed by atoms with Crippen molar-refractivity contribution in [2.75, 3.05) is 6.54 Å². The fourth-order valence-electron chi connectivity index (χ4n) is 1.03. The van der Waals surface area contributed by atoms with Crippen LogP contribution in [0, 0.1) is 5.92 Å². The lowest BCUT2D eigenvalue weighted by molar-refractivity contribution is -0.124. The Morgan fingerprint density at radius 2 is 2.00 bits per heavy atom. The first-order valence-electron chi connectivity index (χ1n) is 5.45. The molecule has 0 bridgehead atoms. The lowest BCUT2D eigenvalue weighted by Crippen LogP contribution is -2.29. The molecule has 0 radical (unpaired) electrons. The summed E-state index contributed by atoms with van der Waals surface area (Å²) in [5, 5.41) is 2.81. The molecule has 1 amide bonds. The normalized spacial score (nSPS) is 11.9. The standard InChI is InChI=1S/C12H21NO2/c1-5-10(4)12(15)13-8-6-7-11(14)9(2)3/h10H,2,5-8H2,1,3-4H3,(H,13,15). The van der Waals surface area contributed by atoms with Crippen LogP contribution in [0.3, 0.4) is 0 Å². The van der Waals surface area contributed by atoms with E-state index in [0.717, 1.165) is 6.42 Å². The number of nitrogens with one attached hydrogen (secondary N) is 1. The Bertz CT molecular complexity index is 246. The molecule has 0 aliphatic heterocycles. The monoisotopic (exact) mass is 211 g/mol. The summed E-state index contributed by atoms with van der Waals surface area (Å²) >= 11 is 0. The summed E-state index contributed by atoms with van der Waals surface area (Å²) in [5.41, 5.74) is 0.586. The molecule has 0 saturated carbocycles. The molecule has 0 aromatic rings. The summed E-state index contributed by atoms with van der Waals surface area (Å²) in [6.07, 6.45) is 2.00. The topological polar surface area (TPSA) is 46.2 Å². The molecule has 86 valence electrons. The molecule has 1 atom stereocenters. The number of carbonyl (C=O) groups is 2. The zero-order valence-corrected chi connectivity index (χ0v) is 9.93. The van der Waals surface area contributed by atoms with Crippen molar-refractivity contribution in [2.45, 2.75) is 40.0 Å². The second-order valence-corrected chi connectivity index (χ2v) is 3.91. The summed E-state index contributed by atoms with van der Waals surface area (Å²) < 4.78 is 0. The van der Waals surface area contributed by atoms with Gasteiger partial charge in [0.15, 0.2) is 5.78 Å². The average molecular weight is 211 g/mol. The van der Waals surface area contributed by atoms with Gasteiger partial charge in [-0.15, -0.1) is 0 Å². The molecular formula is C12H21NO2. The van der Waals surface area contributed by atoms with Gasteiger partial charge < -0.3 is 5.32 Å². The molecule has 0 aromatic carbocycles. The third-order valence-corrected chi connectivity index (χ3v) is 2.42. The van der Waals surface area contributed by atoms with Crippen LogP contribution in [0.2, 0.25) is 0 Å². The molecule has 0 saturated heterocycles. The quantitative estimate of drug-likeness (QED) is 0.517. The highest BCUT2D eigenvalue weighted by molar-refractivity contribution is 5.94. The summed E-state index contributed by atoms with van der Waals surface area (Å²) in [6.45, 7) is 9.73. The molecule has 3 heteroatoms. The molecule has 0 aliphatic rings. The molecule has 15 heavy (non-hydrogen) atoms. The van der Waals surface area contributed by atoms with Gasteiger partial charge in [-0.1, -0.05) is 20.4 Å². The number of hydrogen-bond acceptors (Lipinski definition) is 2. The van der Waals surface area contributed by atoms with E-state index in [0.29, 0.717) is 25.0 Å². The Hall–Kier alpha value is -1.12. The van der Waals surface area contributed by atoms with Gasteiger partial charge in [0.2, 0.25) is 5.91 Å².